The lowest BCUT2D eigenvalue weighted by atomic mass is 10.0. The van der Waals surface area contributed by atoms with Crippen molar-refractivity contribution in [3.8, 4) is 5.75 Å². The van der Waals surface area contributed by atoms with Crippen LogP contribution in [0.5, 0.6) is 5.75 Å². The highest BCUT2D eigenvalue weighted by atomic mass is 16.5. The molecule has 1 aliphatic carbocycles. The summed E-state index contributed by atoms with van der Waals surface area (Å²) in [5, 5.41) is 13.6. The van der Waals surface area contributed by atoms with Crippen LogP contribution in [0, 0.1) is 6.92 Å². The van der Waals surface area contributed by atoms with Crippen LogP contribution in [0.3, 0.4) is 0 Å². The molecule has 2 aliphatic rings. The van der Waals surface area contributed by atoms with Gasteiger partial charge in [-0.2, -0.15) is 0 Å². The van der Waals surface area contributed by atoms with Crippen molar-refractivity contribution in [2.75, 3.05) is 19.8 Å². The summed E-state index contributed by atoms with van der Waals surface area (Å²) in [6.45, 7) is 2.41. The van der Waals surface area contributed by atoms with Gasteiger partial charge in [0.1, 0.15) is 11.3 Å². The molecule has 4 rings (SSSR count). The summed E-state index contributed by atoms with van der Waals surface area (Å²) >= 11 is 0. The first-order valence-corrected chi connectivity index (χ1v) is 9.30. The highest BCUT2D eigenvalue weighted by Crippen LogP contribution is 2.32. The number of aliphatic hydroxyl groups excluding tert-OH is 1. The first-order valence-electron chi connectivity index (χ1n) is 9.30. The number of carbonyl (C=O) groups is 1. The zero-order chi connectivity index (χ0) is 19.0. The third-order valence-corrected chi connectivity index (χ3v) is 5.37. The number of ether oxygens (including phenoxy) is 2. The van der Waals surface area contributed by atoms with Crippen LogP contribution in [-0.4, -0.2) is 43.0 Å². The molecular formula is C20H23NO6. The van der Waals surface area contributed by atoms with E-state index in [2.05, 4.69) is 5.32 Å². The molecular weight excluding hydrogens is 350 g/mol. The molecule has 1 aliphatic heterocycles. The second kappa shape index (κ2) is 7.32. The summed E-state index contributed by atoms with van der Waals surface area (Å²) in [5.74, 6) is 0.165. The molecule has 2 heterocycles. The van der Waals surface area contributed by atoms with E-state index in [9.17, 15) is 14.7 Å². The third-order valence-electron chi connectivity index (χ3n) is 5.37. The van der Waals surface area contributed by atoms with Crippen molar-refractivity contribution in [2.24, 2.45) is 0 Å². The van der Waals surface area contributed by atoms with Crippen molar-refractivity contribution in [1.82, 2.24) is 5.32 Å². The van der Waals surface area contributed by atoms with Gasteiger partial charge in [0.25, 0.3) is 5.91 Å². The highest BCUT2D eigenvalue weighted by Gasteiger charge is 2.25. The van der Waals surface area contributed by atoms with E-state index in [1.165, 1.54) is 0 Å². The molecule has 144 valence electrons. The summed E-state index contributed by atoms with van der Waals surface area (Å²) < 4.78 is 16.5. The van der Waals surface area contributed by atoms with E-state index in [-0.39, 0.29) is 24.7 Å². The molecule has 0 unspecified atom stereocenters. The van der Waals surface area contributed by atoms with E-state index in [0.717, 1.165) is 35.8 Å². The van der Waals surface area contributed by atoms with Crippen molar-refractivity contribution in [3.63, 3.8) is 0 Å². The Labute approximate surface area is 156 Å². The number of hydrogen-bond donors (Lipinski definition) is 2. The Morgan fingerprint density at radius 2 is 2.15 bits per heavy atom. The fourth-order valence-corrected chi connectivity index (χ4v) is 3.88. The normalized spacial score (nSPS) is 21.9. The van der Waals surface area contributed by atoms with Crippen LogP contribution in [0.25, 0.3) is 11.0 Å². The molecule has 7 nitrogen and oxygen atoms in total. The Morgan fingerprint density at radius 1 is 1.33 bits per heavy atom. The molecule has 27 heavy (non-hydrogen) atoms. The average Bonchev–Trinajstić information content (AvgIpc) is 3.15. The number of amides is 1. The van der Waals surface area contributed by atoms with Crippen LogP contribution in [0.2, 0.25) is 0 Å². The molecule has 0 saturated carbocycles. The minimum atomic E-state index is -0.610. The quantitative estimate of drug-likeness (QED) is 0.783. The van der Waals surface area contributed by atoms with E-state index in [1.807, 2.05) is 19.1 Å². The van der Waals surface area contributed by atoms with Gasteiger partial charge >= 0.3 is 5.63 Å². The minimum absolute atomic E-state index is 0.190. The number of hydrogen-bond acceptors (Lipinski definition) is 6. The van der Waals surface area contributed by atoms with Crippen LogP contribution >= 0.6 is 0 Å². The Kier molecular flexibility index (Phi) is 4.88. The van der Waals surface area contributed by atoms with Gasteiger partial charge in [0.2, 0.25) is 0 Å². The van der Waals surface area contributed by atoms with E-state index >= 15 is 0 Å². The molecule has 2 N–H and O–H groups in total. The molecule has 0 radical (unpaired) electrons. The third kappa shape index (κ3) is 3.44. The monoisotopic (exact) mass is 373 g/mol. The topological polar surface area (TPSA) is 98.0 Å². The average molecular weight is 373 g/mol. The largest absolute Gasteiger partial charge is 0.483 e. The summed E-state index contributed by atoms with van der Waals surface area (Å²) in [6.07, 6.45) is 2.50. The van der Waals surface area contributed by atoms with E-state index in [4.69, 9.17) is 13.9 Å². The van der Waals surface area contributed by atoms with Crippen LogP contribution in [0.1, 0.15) is 29.5 Å². The smallest absolute Gasteiger partial charge is 0.339 e. The van der Waals surface area contributed by atoms with Gasteiger partial charge in [-0.05, 0) is 50.3 Å². The van der Waals surface area contributed by atoms with Crippen LogP contribution in [-0.2, 0) is 22.4 Å². The number of nitrogens with one attached hydrogen (secondary N) is 1. The molecule has 1 fully saturated rings. The Morgan fingerprint density at radius 3 is 2.96 bits per heavy atom. The summed E-state index contributed by atoms with van der Waals surface area (Å²) in [4.78, 5) is 24.3. The van der Waals surface area contributed by atoms with E-state index < -0.39 is 12.1 Å². The predicted molar refractivity (Wildman–Crippen MR) is 98.1 cm³/mol. The van der Waals surface area contributed by atoms with Gasteiger partial charge in [-0.3, -0.25) is 4.79 Å². The lowest BCUT2D eigenvalue weighted by Gasteiger charge is -2.28. The number of aryl methyl sites for hydroxylation is 2. The standard InChI is InChI=1S/C20H23NO6/c1-11-17(26-10-18(23)21-15-9-25-8-7-16(15)22)6-5-13-12-3-2-4-14(12)20(24)27-19(11)13/h5-6,15-16,22H,2-4,7-10H2,1H3,(H,21,23)/t15-,16-/m1/s1. The summed E-state index contributed by atoms with van der Waals surface area (Å²) in [7, 11) is 0. The van der Waals surface area contributed by atoms with Crippen LogP contribution in [0.4, 0.5) is 0 Å². The van der Waals surface area contributed by atoms with Crippen LogP contribution in [0.15, 0.2) is 21.3 Å². The zero-order valence-corrected chi connectivity index (χ0v) is 15.2. The lowest BCUT2D eigenvalue weighted by Crippen LogP contribution is -2.50. The maximum Gasteiger partial charge on any atom is 0.339 e. The number of benzene rings is 1. The molecule has 1 saturated heterocycles. The second-order valence-corrected chi connectivity index (χ2v) is 7.16. The predicted octanol–water partition coefficient (Wildman–Crippen LogP) is 1.23. The molecule has 1 amide bonds. The Bertz CT molecular complexity index is 934. The number of rotatable bonds is 4. The van der Waals surface area contributed by atoms with Crippen molar-refractivity contribution < 1.29 is 23.8 Å². The number of aliphatic hydroxyl groups is 1. The summed E-state index contributed by atoms with van der Waals surface area (Å²) in [5.41, 5.74) is 2.80. The molecule has 0 bridgehead atoms. The summed E-state index contributed by atoms with van der Waals surface area (Å²) in [6, 6.07) is 3.27. The van der Waals surface area contributed by atoms with Gasteiger partial charge in [-0.15, -0.1) is 0 Å². The van der Waals surface area contributed by atoms with Crippen molar-refractivity contribution in [2.45, 2.75) is 44.8 Å². The maximum atomic E-state index is 12.2. The van der Waals surface area contributed by atoms with Crippen LogP contribution < -0.4 is 15.7 Å². The number of carbonyl (C=O) groups excluding carboxylic acids is 1. The SMILES string of the molecule is Cc1c(OCC(=O)N[C@@H]2COCC[C@H]2O)ccc2c3c(c(=O)oc12)CCC3. The van der Waals surface area contributed by atoms with Gasteiger partial charge in [0.05, 0.1) is 18.8 Å². The van der Waals surface area contributed by atoms with Crippen molar-refractivity contribution >= 4 is 16.9 Å². The molecule has 2 atom stereocenters. The van der Waals surface area contributed by atoms with Crippen molar-refractivity contribution in [1.29, 1.82) is 0 Å². The van der Waals surface area contributed by atoms with Gasteiger partial charge in [0.15, 0.2) is 6.61 Å². The molecule has 7 heteroatoms. The van der Waals surface area contributed by atoms with E-state index in [1.54, 1.807) is 0 Å². The lowest BCUT2D eigenvalue weighted by molar-refractivity contribution is -0.126. The van der Waals surface area contributed by atoms with Gasteiger partial charge in [-0.1, -0.05) is 0 Å². The zero-order valence-electron chi connectivity index (χ0n) is 15.2. The number of fused-ring (bicyclic) bond motifs is 3. The van der Waals surface area contributed by atoms with Crippen molar-refractivity contribution in [3.05, 3.63) is 39.2 Å². The Hall–Kier alpha value is -2.38. The van der Waals surface area contributed by atoms with Gasteiger partial charge < -0.3 is 24.3 Å². The van der Waals surface area contributed by atoms with Gasteiger partial charge in [-0.25, -0.2) is 4.79 Å². The molecule has 0 spiro atoms. The first kappa shape index (κ1) is 18.0. The highest BCUT2D eigenvalue weighted by molar-refractivity contribution is 5.86. The minimum Gasteiger partial charge on any atom is -0.483 e. The molecule has 1 aromatic heterocycles. The maximum absolute atomic E-state index is 12.2. The molecule has 1 aromatic carbocycles. The Balaban J connectivity index is 1.49. The molecule has 2 aromatic rings. The fourth-order valence-electron chi connectivity index (χ4n) is 3.88. The fraction of sp³-hybridized carbons (Fsp3) is 0.500. The van der Waals surface area contributed by atoms with E-state index in [0.29, 0.717) is 29.9 Å². The first-order chi connectivity index (χ1) is 13.0. The van der Waals surface area contributed by atoms with Gasteiger partial charge in [0, 0.05) is 23.1 Å². The second-order valence-electron chi connectivity index (χ2n) is 7.16.